The van der Waals surface area contributed by atoms with Crippen LogP contribution in [0.3, 0.4) is 0 Å². The average molecular weight is 212 g/mol. The topological polar surface area (TPSA) is 54.2 Å². The second kappa shape index (κ2) is 7.36. The molecule has 0 aliphatic heterocycles. The van der Waals surface area contributed by atoms with E-state index in [0.29, 0.717) is 5.89 Å². The molecule has 0 aromatic carbocycles. The standard InChI is InChI=1S/C10H20N4O/c1-3-14(4-2)8-7-11-6-5-10-12-9-13-15-10/h9,11H,3-8H2,1-2H3. The Balaban J connectivity index is 1.97. The van der Waals surface area contributed by atoms with Gasteiger partial charge in [0, 0.05) is 26.1 Å². The van der Waals surface area contributed by atoms with E-state index in [4.69, 9.17) is 4.52 Å². The van der Waals surface area contributed by atoms with Crippen molar-refractivity contribution in [3.63, 3.8) is 0 Å². The van der Waals surface area contributed by atoms with Gasteiger partial charge >= 0.3 is 0 Å². The number of hydrogen-bond donors (Lipinski definition) is 1. The summed E-state index contributed by atoms with van der Waals surface area (Å²) >= 11 is 0. The fourth-order valence-electron chi connectivity index (χ4n) is 1.40. The summed E-state index contributed by atoms with van der Waals surface area (Å²) in [5, 5.41) is 6.91. The molecular formula is C10H20N4O. The number of likely N-dealkylation sites (N-methyl/N-ethyl adjacent to an activating group) is 1. The molecule has 0 aliphatic carbocycles. The van der Waals surface area contributed by atoms with Crippen LogP contribution >= 0.6 is 0 Å². The van der Waals surface area contributed by atoms with Crippen molar-refractivity contribution in [3.8, 4) is 0 Å². The molecule has 0 saturated carbocycles. The molecule has 0 aliphatic rings. The summed E-state index contributed by atoms with van der Waals surface area (Å²) in [7, 11) is 0. The summed E-state index contributed by atoms with van der Waals surface area (Å²) in [5.74, 6) is 0.699. The molecule has 0 atom stereocenters. The van der Waals surface area contributed by atoms with Crippen molar-refractivity contribution in [2.75, 3.05) is 32.7 Å². The molecule has 1 N–H and O–H groups in total. The highest BCUT2D eigenvalue weighted by atomic mass is 16.5. The second-order valence-electron chi connectivity index (χ2n) is 3.36. The molecule has 15 heavy (non-hydrogen) atoms. The molecule has 0 radical (unpaired) electrons. The smallest absolute Gasteiger partial charge is 0.227 e. The zero-order valence-corrected chi connectivity index (χ0v) is 9.57. The molecule has 1 aromatic rings. The molecule has 0 saturated heterocycles. The van der Waals surface area contributed by atoms with E-state index < -0.39 is 0 Å². The van der Waals surface area contributed by atoms with Crippen LogP contribution < -0.4 is 5.32 Å². The summed E-state index contributed by atoms with van der Waals surface area (Å²) in [6.45, 7) is 9.59. The lowest BCUT2D eigenvalue weighted by molar-refractivity contribution is 0.301. The van der Waals surface area contributed by atoms with E-state index in [-0.39, 0.29) is 0 Å². The van der Waals surface area contributed by atoms with Crippen molar-refractivity contribution >= 4 is 0 Å². The molecule has 1 heterocycles. The summed E-state index contributed by atoms with van der Waals surface area (Å²) in [6.07, 6.45) is 2.24. The van der Waals surface area contributed by atoms with Crippen molar-refractivity contribution in [1.82, 2.24) is 20.4 Å². The van der Waals surface area contributed by atoms with Crippen molar-refractivity contribution in [2.45, 2.75) is 20.3 Å². The van der Waals surface area contributed by atoms with Crippen molar-refractivity contribution in [3.05, 3.63) is 12.2 Å². The molecule has 0 unspecified atom stereocenters. The third kappa shape index (κ3) is 4.90. The first-order valence-corrected chi connectivity index (χ1v) is 5.55. The van der Waals surface area contributed by atoms with Gasteiger partial charge in [-0.3, -0.25) is 0 Å². The van der Waals surface area contributed by atoms with E-state index in [1.165, 1.54) is 6.33 Å². The monoisotopic (exact) mass is 212 g/mol. The normalized spacial score (nSPS) is 11.1. The Morgan fingerprint density at radius 3 is 2.73 bits per heavy atom. The number of nitrogens with zero attached hydrogens (tertiary/aromatic N) is 3. The predicted octanol–water partition coefficient (Wildman–Crippen LogP) is 0.544. The first-order chi connectivity index (χ1) is 7.36. The highest BCUT2D eigenvalue weighted by Gasteiger charge is 1.99. The van der Waals surface area contributed by atoms with Gasteiger partial charge < -0.3 is 14.7 Å². The molecule has 0 amide bonds. The lowest BCUT2D eigenvalue weighted by Crippen LogP contribution is -2.32. The minimum absolute atomic E-state index is 0.699. The van der Waals surface area contributed by atoms with Crippen LogP contribution in [0.5, 0.6) is 0 Å². The van der Waals surface area contributed by atoms with E-state index in [9.17, 15) is 0 Å². The van der Waals surface area contributed by atoms with Crippen molar-refractivity contribution < 1.29 is 4.52 Å². The highest BCUT2D eigenvalue weighted by Crippen LogP contribution is 1.90. The Kier molecular flexibility index (Phi) is 5.96. The molecule has 1 aromatic heterocycles. The van der Waals surface area contributed by atoms with Gasteiger partial charge in [-0.1, -0.05) is 19.0 Å². The molecule has 86 valence electrons. The van der Waals surface area contributed by atoms with E-state index in [2.05, 4.69) is 34.2 Å². The molecule has 0 bridgehead atoms. The van der Waals surface area contributed by atoms with Gasteiger partial charge in [0.25, 0.3) is 0 Å². The van der Waals surface area contributed by atoms with Crippen LogP contribution in [0.1, 0.15) is 19.7 Å². The van der Waals surface area contributed by atoms with Crippen LogP contribution in [0.25, 0.3) is 0 Å². The summed E-state index contributed by atoms with van der Waals surface area (Å²) in [6, 6.07) is 0. The Bertz CT molecular complexity index is 234. The van der Waals surface area contributed by atoms with E-state index in [1.54, 1.807) is 0 Å². The summed E-state index contributed by atoms with van der Waals surface area (Å²) in [5.41, 5.74) is 0. The van der Waals surface area contributed by atoms with Gasteiger partial charge in [-0.05, 0) is 13.1 Å². The number of hydrogen-bond acceptors (Lipinski definition) is 5. The maximum Gasteiger partial charge on any atom is 0.227 e. The lowest BCUT2D eigenvalue weighted by Gasteiger charge is -2.17. The lowest BCUT2D eigenvalue weighted by atomic mass is 10.4. The van der Waals surface area contributed by atoms with Gasteiger partial charge in [0.15, 0.2) is 6.33 Å². The zero-order chi connectivity index (χ0) is 10.9. The van der Waals surface area contributed by atoms with Gasteiger partial charge in [-0.15, -0.1) is 0 Å². The molecule has 0 fully saturated rings. The van der Waals surface area contributed by atoms with Crippen LogP contribution in [0.4, 0.5) is 0 Å². The minimum Gasteiger partial charge on any atom is -0.340 e. The predicted molar refractivity (Wildman–Crippen MR) is 58.7 cm³/mol. The quantitative estimate of drug-likeness (QED) is 0.638. The van der Waals surface area contributed by atoms with Crippen LogP contribution in [0, 0.1) is 0 Å². The van der Waals surface area contributed by atoms with Crippen LogP contribution in [-0.2, 0) is 6.42 Å². The second-order valence-corrected chi connectivity index (χ2v) is 3.36. The molecule has 1 rings (SSSR count). The third-order valence-corrected chi connectivity index (χ3v) is 2.42. The molecule has 5 nitrogen and oxygen atoms in total. The zero-order valence-electron chi connectivity index (χ0n) is 9.57. The van der Waals surface area contributed by atoms with E-state index >= 15 is 0 Å². The first kappa shape index (κ1) is 12.1. The summed E-state index contributed by atoms with van der Waals surface area (Å²) in [4.78, 5) is 6.34. The molecule has 0 spiro atoms. The van der Waals surface area contributed by atoms with Gasteiger partial charge in [0.05, 0.1) is 0 Å². The fraction of sp³-hybridized carbons (Fsp3) is 0.800. The number of aromatic nitrogens is 2. The maximum atomic E-state index is 4.89. The Hall–Kier alpha value is -0.940. The molecule has 5 heteroatoms. The van der Waals surface area contributed by atoms with Crippen molar-refractivity contribution in [1.29, 1.82) is 0 Å². The van der Waals surface area contributed by atoms with Gasteiger partial charge in [0.1, 0.15) is 0 Å². The fourth-order valence-corrected chi connectivity index (χ4v) is 1.40. The Morgan fingerprint density at radius 2 is 2.13 bits per heavy atom. The maximum absolute atomic E-state index is 4.89. The first-order valence-electron chi connectivity index (χ1n) is 5.55. The third-order valence-electron chi connectivity index (χ3n) is 2.42. The van der Waals surface area contributed by atoms with Crippen LogP contribution in [0.2, 0.25) is 0 Å². The van der Waals surface area contributed by atoms with Crippen LogP contribution in [-0.4, -0.2) is 47.8 Å². The van der Waals surface area contributed by atoms with Crippen LogP contribution in [0.15, 0.2) is 10.9 Å². The van der Waals surface area contributed by atoms with Gasteiger partial charge in [-0.2, -0.15) is 4.98 Å². The Labute approximate surface area is 90.8 Å². The number of nitrogens with one attached hydrogen (secondary N) is 1. The summed E-state index contributed by atoms with van der Waals surface area (Å²) < 4.78 is 4.89. The van der Waals surface area contributed by atoms with E-state index in [0.717, 1.165) is 39.1 Å². The highest BCUT2D eigenvalue weighted by molar-refractivity contribution is 4.75. The van der Waals surface area contributed by atoms with Gasteiger partial charge in [0.2, 0.25) is 5.89 Å². The average Bonchev–Trinajstić information content (AvgIpc) is 2.76. The Morgan fingerprint density at radius 1 is 1.33 bits per heavy atom. The van der Waals surface area contributed by atoms with E-state index in [1.807, 2.05) is 0 Å². The number of rotatable bonds is 8. The minimum atomic E-state index is 0.699. The molecular weight excluding hydrogens is 192 g/mol. The van der Waals surface area contributed by atoms with Crippen molar-refractivity contribution in [2.24, 2.45) is 0 Å². The SMILES string of the molecule is CCN(CC)CCNCCc1ncno1. The largest absolute Gasteiger partial charge is 0.340 e. The van der Waals surface area contributed by atoms with Gasteiger partial charge in [-0.25, -0.2) is 0 Å².